The standard InChI is InChI=1S/C19H23ClN2O2/c20-15-6-7-18(23)14(12-15)13-19(24)21-16-8-10-22(11-9-16)17-4-2-1-3-5-17/h6-10,12,17,23H,1-5,11,13H2,(H,21,24). The molecule has 2 N–H and O–H groups in total. The molecule has 0 radical (unpaired) electrons. The number of carbonyl (C=O) groups is 1. The number of amides is 1. The van der Waals surface area contributed by atoms with E-state index < -0.39 is 0 Å². The molecule has 1 amide bonds. The number of hydrogen-bond donors (Lipinski definition) is 2. The van der Waals surface area contributed by atoms with Crippen molar-refractivity contribution < 1.29 is 9.90 Å². The minimum absolute atomic E-state index is 0.0891. The second-order valence-electron chi connectivity index (χ2n) is 6.46. The van der Waals surface area contributed by atoms with E-state index in [1.807, 2.05) is 12.2 Å². The lowest BCUT2D eigenvalue weighted by atomic mass is 9.94. The number of aromatic hydroxyl groups is 1. The summed E-state index contributed by atoms with van der Waals surface area (Å²) in [5.41, 5.74) is 1.35. The molecule has 0 aromatic heterocycles. The van der Waals surface area contributed by atoms with Crippen LogP contribution in [-0.2, 0) is 11.2 Å². The third kappa shape index (κ3) is 4.32. The van der Waals surface area contributed by atoms with Crippen molar-refractivity contribution in [2.24, 2.45) is 0 Å². The average molecular weight is 347 g/mol. The Morgan fingerprint density at radius 2 is 2.08 bits per heavy atom. The van der Waals surface area contributed by atoms with E-state index in [0.29, 0.717) is 16.6 Å². The van der Waals surface area contributed by atoms with E-state index in [2.05, 4.69) is 16.4 Å². The Hall–Kier alpha value is -1.94. The predicted molar refractivity (Wildman–Crippen MR) is 95.8 cm³/mol. The molecule has 1 aliphatic carbocycles. The number of nitrogens with one attached hydrogen (secondary N) is 1. The van der Waals surface area contributed by atoms with E-state index in [4.69, 9.17) is 11.6 Å². The molecule has 24 heavy (non-hydrogen) atoms. The Morgan fingerprint density at radius 1 is 1.29 bits per heavy atom. The van der Waals surface area contributed by atoms with Gasteiger partial charge in [-0.1, -0.05) is 30.9 Å². The van der Waals surface area contributed by atoms with Crippen molar-refractivity contribution in [2.75, 3.05) is 6.54 Å². The summed E-state index contributed by atoms with van der Waals surface area (Å²) in [6.45, 7) is 0.833. The van der Waals surface area contributed by atoms with Gasteiger partial charge in [-0.15, -0.1) is 0 Å². The molecule has 1 aromatic rings. The van der Waals surface area contributed by atoms with Gasteiger partial charge in [-0.2, -0.15) is 0 Å². The van der Waals surface area contributed by atoms with Crippen LogP contribution in [-0.4, -0.2) is 28.5 Å². The van der Waals surface area contributed by atoms with Gasteiger partial charge < -0.3 is 15.3 Å². The van der Waals surface area contributed by atoms with Gasteiger partial charge in [0.25, 0.3) is 0 Å². The van der Waals surface area contributed by atoms with Crippen molar-refractivity contribution in [3.63, 3.8) is 0 Å². The van der Waals surface area contributed by atoms with Crippen LogP contribution in [0.1, 0.15) is 37.7 Å². The van der Waals surface area contributed by atoms with Crippen LogP contribution in [0.25, 0.3) is 0 Å². The molecule has 1 aromatic carbocycles. The smallest absolute Gasteiger partial charge is 0.228 e. The highest BCUT2D eigenvalue weighted by molar-refractivity contribution is 6.30. The van der Waals surface area contributed by atoms with Gasteiger partial charge in [0.05, 0.1) is 6.42 Å². The van der Waals surface area contributed by atoms with Crippen molar-refractivity contribution in [2.45, 2.75) is 44.6 Å². The number of halogens is 1. The van der Waals surface area contributed by atoms with Crippen molar-refractivity contribution in [3.8, 4) is 5.75 Å². The third-order valence-corrected chi connectivity index (χ3v) is 4.92. The van der Waals surface area contributed by atoms with Crippen LogP contribution in [0.3, 0.4) is 0 Å². The summed E-state index contributed by atoms with van der Waals surface area (Å²) in [6.07, 6.45) is 12.7. The predicted octanol–water partition coefficient (Wildman–Crippen LogP) is 3.75. The van der Waals surface area contributed by atoms with Gasteiger partial charge in [0.15, 0.2) is 0 Å². The van der Waals surface area contributed by atoms with Gasteiger partial charge in [-0.3, -0.25) is 4.79 Å². The van der Waals surface area contributed by atoms with Gasteiger partial charge in [0, 0.05) is 35.1 Å². The fourth-order valence-corrected chi connectivity index (χ4v) is 3.55. The van der Waals surface area contributed by atoms with Crippen LogP contribution in [0.15, 0.2) is 42.2 Å². The van der Waals surface area contributed by atoms with E-state index in [9.17, 15) is 9.90 Å². The molecule has 0 atom stereocenters. The second kappa shape index (κ2) is 7.75. The van der Waals surface area contributed by atoms with Crippen LogP contribution >= 0.6 is 11.6 Å². The maximum atomic E-state index is 12.2. The molecule has 1 saturated carbocycles. The lowest BCUT2D eigenvalue weighted by Crippen LogP contribution is -2.35. The Labute approximate surface area is 147 Å². The van der Waals surface area contributed by atoms with Crippen LogP contribution in [0.2, 0.25) is 5.02 Å². The number of nitrogens with zero attached hydrogens (tertiary/aromatic N) is 1. The first-order valence-corrected chi connectivity index (χ1v) is 8.91. The van der Waals surface area contributed by atoms with Crippen LogP contribution < -0.4 is 5.32 Å². The molecular formula is C19H23ClN2O2. The first-order valence-electron chi connectivity index (χ1n) is 8.53. The first-order chi connectivity index (χ1) is 11.6. The molecular weight excluding hydrogens is 324 g/mol. The summed E-state index contributed by atoms with van der Waals surface area (Å²) in [7, 11) is 0. The van der Waals surface area contributed by atoms with E-state index in [1.165, 1.54) is 38.2 Å². The number of allylic oxidation sites excluding steroid dienone is 1. The Morgan fingerprint density at radius 3 is 2.79 bits per heavy atom. The first kappa shape index (κ1) is 16.9. The summed E-state index contributed by atoms with van der Waals surface area (Å²) in [5, 5.41) is 13.2. The molecule has 0 bridgehead atoms. The summed E-state index contributed by atoms with van der Waals surface area (Å²) in [6, 6.07) is 5.36. The molecule has 4 nitrogen and oxygen atoms in total. The summed E-state index contributed by atoms with van der Waals surface area (Å²) in [5.74, 6) is -0.0687. The van der Waals surface area contributed by atoms with Crippen molar-refractivity contribution in [1.82, 2.24) is 10.2 Å². The fourth-order valence-electron chi connectivity index (χ4n) is 3.36. The Bertz CT molecular complexity index is 663. The van der Waals surface area contributed by atoms with E-state index in [0.717, 1.165) is 12.2 Å². The number of phenolic OH excluding ortho intramolecular Hbond substituents is 1. The Balaban J connectivity index is 1.53. The number of carbonyl (C=O) groups excluding carboxylic acids is 1. The van der Waals surface area contributed by atoms with Crippen molar-refractivity contribution in [3.05, 3.63) is 52.8 Å². The summed E-state index contributed by atoms with van der Waals surface area (Å²) >= 11 is 5.91. The maximum Gasteiger partial charge on any atom is 0.228 e. The topological polar surface area (TPSA) is 52.6 Å². The SMILES string of the molecule is O=C(Cc1cc(Cl)ccc1O)NC1=CCN(C2CCCCC2)C=C1. The molecule has 3 rings (SSSR count). The molecule has 1 aliphatic heterocycles. The van der Waals surface area contributed by atoms with Gasteiger partial charge in [0.2, 0.25) is 5.91 Å². The molecule has 0 unspecified atom stereocenters. The fraction of sp³-hybridized carbons (Fsp3) is 0.421. The highest BCUT2D eigenvalue weighted by atomic mass is 35.5. The van der Waals surface area contributed by atoms with Gasteiger partial charge in [-0.05, 0) is 43.2 Å². The van der Waals surface area contributed by atoms with Crippen LogP contribution in [0.5, 0.6) is 5.75 Å². The molecule has 128 valence electrons. The monoisotopic (exact) mass is 346 g/mol. The normalized spacial score (nSPS) is 18.4. The van der Waals surface area contributed by atoms with Crippen LogP contribution in [0, 0.1) is 0 Å². The number of phenols is 1. The van der Waals surface area contributed by atoms with Crippen molar-refractivity contribution >= 4 is 17.5 Å². The number of benzene rings is 1. The lowest BCUT2D eigenvalue weighted by molar-refractivity contribution is -0.119. The van der Waals surface area contributed by atoms with Gasteiger partial charge in [-0.25, -0.2) is 0 Å². The molecule has 0 saturated heterocycles. The molecule has 1 heterocycles. The molecule has 5 heteroatoms. The van der Waals surface area contributed by atoms with Gasteiger partial charge >= 0.3 is 0 Å². The summed E-state index contributed by atoms with van der Waals surface area (Å²) in [4.78, 5) is 14.5. The summed E-state index contributed by atoms with van der Waals surface area (Å²) < 4.78 is 0. The van der Waals surface area contributed by atoms with Gasteiger partial charge in [0.1, 0.15) is 5.75 Å². The van der Waals surface area contributed by atoms with Crippen molar-refractivity contribution in [1.29, 1.82) is 0 Å². The molecule has 2 aliphatic rings. The van der Waals surface area contributed by atoms with E-state index in [1.54, 1.807) is 12.1 Å². The van der Waals surface area contributed by atoms with E-state index in [-0.39, 0.29) is 18.1 Å². The zero-order valence-electron chi connectivity index (χ0n) is 13.7. The number of rotatable bonds is 4. The van der Waals surface area contributed by atoms with E-state index >= 15 is 0 Å². The lowest BCUT2D eigenvalue weighted by Gasteiger charge is -2.34. The number of hydrogen-bond acceptors (Lipinski definition) is 3. The second-order valence-corrected chi connectivity index (χ2v) is 6.90. The highest BCUT2D eigenvalue weighted by Crippen LogP contribution is 2.24. The minimum atomic E-state index is -0.158. The minimum Gasteiger partial charge on any atom is -0.508 e. The molecule has 1 fully saturated rings. The largest absolute Gasteiger partial charge is 0.508 e. The quantitative estimate of drug-likeness (QED) is 0.873. The zero-order valence-corrected chi connectivity index (χ0v) is 14.4. The maximum absolute atomic E-state index is 12.2. The zero-order chi connectivity index (χ0) is 16.9. The highest BCUT2D eigenvalue weighted by Gasteiger charge is 2.19. The third-order valence-electron chi connectivity index (χ3n) is 4.69. The van der Waals surface area contributed by atoms with Crippen LogP contribution in [0.4, 0.5) is 0 Å². The average Bonchev–Trinajstić information content (AvgIpc) is 2.59. The molecule has 0 spiro atoms. The Kier molecular flexibility index (Phi) is 5.46.